The molecule has 1 N–H and O–H groups in total. The molecule has 0 saturated carbocycles. The van der Waals surface area contributed by atoms with E-state index in [1.807, 2.05) is 38.1 Å². The molecule has 2 amide bonds. The normalized spacial score (nSPS) is 17.5. The van der Waals surface area contributed by atoms with Gasteiger partial charge in [0.15, 0.2) is 0 Å². The minimum absolute atomic E-state index is 0.0479. The molecular weight excluding hydrogens is 408 g/mol. The molecule has 7 nitrogen and oxygen atoms in total. The number of esters is 1. The smallest absolute Gasteiger partial charge is 0.407 e. The number of nitrogens with one attached hydrogen (secondary N) is 1. The Morgan fingerprint density at radius 1 is 1.12 bits per heavy atom. The highest BCUT2D eigenvalue weighted by Crippen LogP contribution is 2.40. The summed E-state index contributed by atoms with van der Waals surface area (Å²) in [5.41, 5.74) is 4.92. The van der Waals surface area contributed by atoms with Crippen LogP contribution in [0, 0.1) is 6.92 Å². The van der Waals surface area contributed by atoms with Gasteiger partial charge in [0.2, 0.25) is 5.91 Å². The minimum Gasteiger partial charge on any atom is -0.465 e. The first-order valence-corrected chi connectivity index (χ1v) is 10.7. The van der Waals surface area contributed by atoms with E-state index in [4.69, 9.17) is 9.47 Å². The number of aryl methyl sites for hydroxylation is 1. The van der Waals surface area contributed by atoms with Crippen LogP contribution >= 0.6 is 0 Å². The van der Waals surface area contributed by atoms with Gasteiger partial charge < -0.3 is 19.7 Å². The Bertz CT molecular complexity index is 1050. The highest BCUT2D eigenvalue weighted by atomic mass is 16.6. The van der Waals surface area contributed by atoms with E-state index in [-0.39, 0.29) is 30.1 Å². The van der Waals surface area contributed by atoms with E-state index < -0.39 is 6.09 Å². The van der Waals surface area contributed by atoms with Crippen molar-refractivity contribution in [3.05, 3.63) is 53.1 Å². The van der Waals surface area contributed by atoms with Gasteiger partial charge in [-0.2, -0.15) is 0 Å². The molecule has 1 aliphatic rings. The van der Waals surface area contributed by atoms with Gasteiger partial charge in [-0.3, -0.25) is 4.79 Å². The Morgan fingerprint density at radius 2 is 1.84 bits per heavy atom. The van der Waals surface area contributed by atoms with Crippen LogP contribution in [0.1, 0.15) is 61.6 Å². The summed E-state index contributed by atoms with van der Waals surface area (Å²) >= 11 is 0. The molecule has 0 saturated heterocycles. The van der Waals surface area contributed by atoms with Gasteiger partial charge in [-0.1, -0.05) is 12.1 Å². The molecule has 170 valence electrons. The predicted molar refractivity (Wildman–Crippen MR) is 123 cm³/mol. The molecule has 1 heterocycles. The number of hydrogen-bond acceptors (Lipinski definition) is 5. The zero-order chi connectivity index (χ0) is 23.6. The highest BCUT2D eigenvalue weighted by Gasteiger charge is 2.34. The second-order valence-electron chi connectivity index (χ2n) is 8.42. The Kier molecular flexibility index (Phi) is 6.87. The van der Waals surface area contributed by atoms with Crippen LogP contribution in [0.4, 0.5) is 10.5 Å². The van der Waals surface area contributed by atoms with Crippen LogP contribution in [0.2, 0.25) is 0 Å². The first kappa shape index (κ1) is 23.3. The van der Waals surface area contributed by atoms with Crippen molar-refractivity contribution < 1.29 is 23.9 Å². The van der Waals surface area contributed by atoms with E-state index in [2.05, 4.69) is 5.32 Å². The second-order valence-corrected chi connectivity index (χ2v) is 8.42. The number of carbonyl (C=O) groups excluding carboxylic acids is 3. The third kappa shape index (κ3) is 4.77. The largest absolute Gasteiger partial charge is 0.465 e. The van der Waals surface area contributed by atoms with Crippen LogP contribution in [0.25, 0.3) is 11.1 Å². The highest BCUT2D eigenvalue weighted by molar-refractivity contribution is 5.95. The van der Waals surface area contributed by atoms with Gasteiger partial charge in [-0.25, -0.2) is 9.59 Å². The zero-order valence-electron chi connectivity index (χ0n) is 19.4. The molecule has 0 radical (unpaired) electrons. The van der Waals surface area contributed by atoms with Gasteiger partial charge in [0.1, 0.15) is 0 Å². The second kappa shape index (κ2) is 9.42. The lowest BCUT2D eigenvalue weighted by molar-refractivity contribution is -0.117. The summed E-state index contributed by atoms with van der Waals surface area (Å²) in [7, 11) is 1.36. The maximum Gasteiger partial charge on any atom is 0.407 e. The standard InChI is InChI=1S/C25H30N2O5/c1-14(2)32-25(30)26-22-12-16(4)27(17(5)28)23-10-8-18(13-21(22)23)20-9-7-19(11-15(20)3)24(29)31-6/h7-11,13-14,16,22H,12H2,1-6H3,(H,26,30). The molecular formula is C25H30N2O5. The lowest BCUT2D eigenvalue weighted by Crippen LogP contribution is -2.45. The summed E-state index contributed by atoms with van der Waals surface area (Å²) in [5, 5.41) is 2.96. The first-order chi connectivity index (χ1) is 15.1. The number of carbonyl (C=O) groups is 3. The number of amides is 2. The quantitative estimate of drug-likeness (QED) is 0.695. The van der Waals surface area contributed by atoms with Crippen molar-refractivity contribution in [2.24, 2.45) is 0 Å². The van der Waals surface area contributed by atoms with Crippen molar-refractivity contribution in [2.45, 2.75) is 59.2 Å². The zero-order valence-corrected chi connectivity index (χ0v) is 19.4. The third-order valence-electron chi connectivity index (χ3n) is 5.61. The fourth-order valence-corrected chi connectivity index (χ4v) is 4.27. The maximum atomic E-state index is 12.4. The Morgan fingerprint density at radius 3 is 2.44 bits per heavy atom. The lowest BCUT2D eigenvalue weighted by atomic mass is 9.88. The molecule has 0 aromatic heterocycles. The van der Waals surface area contributed by atoms with Crippen molar-refractivity contribution in [1.29, 1.82) is 0 Å². The molecule has 0 bridgehead atoms. The molecule has 0 fully saturated rings. The monoisotopic (exact) mass is 438 g/mol. The molecule has 2 atom stereocenters. The van der Waals surface area contributed by atoms with Crippen LogP contribution < -0.4 is 10.2 Å². The summed E-state index contributed by atoms with van der Waals surface area (Å²) < 4.78 is 10.1. The molecule has 3 rings (SSSR count). The molecule has 0 spiro atoms. The predicted octanol–water partition coefficient (Wildman–Crippen LogP) is 4.77. The van der Waals surface area contributed by atoms with E-state index in [0.717, 1.165) is 27.9 Å². The number of nitrogens with zero attached hydrogens (tertiary/aromatic N) is 1. The molecule has 2 unspecified atom stereocenters. The van der Waals surface area contributed by atoms with E-state index in [9.17, 15) is 14.4 Å². The van der Waals surface area contributed by atoms with Gasteiger partial charge >= 0.3 is 12.1 Å². The molecule has 7 heteroatoms. The van der Waals surface area contributed by atoms with Crippen molar-refractivity contribution in [3.63, 3.8) is 0 Å². The van der Waals surface area contributed by atoms with Gasteiger partial charge in [0.25, 0.3) is 0 Å². The van der Waals surface area contributed by atoms with Gasteiger partial charge in [-0.05, 0) is 80.6 Å². The summed E-state index contributed by atoms with van der Waals surface area (Å²) in [6.07, 6.45) is -0.140. The van der Waals surface area contributed by atoms with E-state index in [0.29, 0.717) is 12.0 Å². The minimum atomic E-state index is -0.483. The summed E-state index contributed by atoms with van der Waals surface area (Å²) in [4.78, 5) is 38.3. The number of anilines is 1. The first-order valence-electron chi connectivity index (χ1n) is 10.7. The van der Waals surface area contributed by atoms with Crippen LogP contribution in [0.15, 0.2) is 36.4 Å². The molecule has 2 aromatic carbocycles. The maximum absolute atomic E-state index is 12.4. The van der Waals surface area contributed by atoms with Crippen molar-refractivity contribution >= 4 is 23.7 Å². The number of methoxy groups -OCH3 is 1. The average molecular weight is 439 g/mol. The summed E-state index contributed by atoms with van der Waals surface area (Å²) in [5.74, 6) is -0.433. The lowest BCUT2D eigenvalue weighted by Gasteiger charge is -2.39. The van der Waals surface area contributed by atoms with E-state index in [1.54, 1.807) is 37.8 Å². The fourth-order valence-electron chi connectivity index (χ4n) is 4.27. The number of fused-ring (bicyclic) bond motifs is 1. The number of alkyl carbamates (subject to hydrolysis) is 1. The number of ether oxygens (including phenoxy) is 2. The third-order valence-corrected chi connectivity index (χ3v) is 5.61. The van der Waals surface area contributed by atoms with E-state index in [1.165, 1.54) is 7.11 Å². The van der Waals surface area contributed by atoms with Crippen molar-refractivity contribution in [1.82, 2.24) is 5.32 Å². The molecule has 0 aliphatic carbocycles. The molecule has 1 aliphatic heterocycles. The average Bonchev–Trinajstić information content (AvgIpc) is 2.72. The van der Waals surface area contributed by atoms with Crippen molar-refractivity contribution in [3.8, 4) is 11.1 Å². The SMILES string of the molecule is COC(=O)c1ccc(-c2ccc3c(c2)C(NC(=O)OC(C)C)CC(C)N3C(C)=O)c(C)c1. The topological polar surface area (TPSA) is 84.9 Å². The van der Waals surface area contributed by atoms with Gasteiger partial charge in [0, 0.05) is 18.7 Å². The summed E-state index contributed by atoms with van der Waals surface area (Å²) in [6, 6.07) is 10.9. The molecule has 32 heavy (non-hydrogen) atoms. The Balaban J connectivity index is 2.04. The van der Waals surface area contributed by atoms with Crippen molar-refractivity contribution in [2.75, 3.05) is 12.0 Å². The van der Waals surface area contributed by atoms with Gasteiger partial charge in [0.05, 0.1) is 24.8 Å². The van der Waals surface area contributed by atoms with Crippen LogP contribution in [0.3, 0.4) is 0 Å². The number of rotatable bonds is 4. The Hall–Kier alpha value is -3.35. The van der Waals surface area contributed by atoms with E-state index >= 15 is 0 Å². The van der Waals surface area contributed by atoms with Crippen LogP contribution in [-0.4, -0.2) is 37.2 Å². The molecule has 2 aromatic rings. The van der Waals surface area contributed by atoms with Crippen LogP contribution in [-0.2, 0) is 14.3 Å². The fraction of sp³-hybridized carbons (Fsp3) is 0.400. The Labute approximate surface area is 188 Å². The van der Waals surface area contributed by atoms with Crippen LogP contribution in [0.5, 0.6) is 0 Å². The van der Waals surface area contributed by atoms with Gasteiger partial charge in [-0.15, -0.1) is 0 Å². The number of benzene rings is 2. The summed E-state index contributed by atoms with van der Waals surface area (Å²) in [6.45, 7) is 9.04. The number of hydrogen-bond donors (Lipinski definition) is 1.